The second kappa shape index (κ2) is 14.8. The average Bonchev–Trinajstić information content (AvgIpc) is 3.03. The van der Waals surface area contributed by atoms with E-state index in [1.807, 2.05) is 57.2 Å². The second-order valence-corrected chi connectivity index (χ2v) is 12.7. The molecule has 2 amide bonds. The Balaban J connectivity index is 1.80. The minimum atomic E-state index is -4.17. The number of benzene rings is 4. The number of carbonyl (C=O) groups excluding carboxylic acids is 2. The molecule has 7 nitrogen and oxygen atoms in total. The lowest BCUT2D eigenvalue weighted by Crippen LogP contribution is -2.54. The van der Waals surface area contributed by atoms with Crippen LogP contribution in [-0.4, -0.2) is 43.8 Å². The van der Waals surface area contributed by atoms with E-state index < -0.39 is 34.3 Å². The first kappa shape index (κ1) is 32.4. The molecule has 0 aliphatic heterocycles. The standard InChI is InChI=1S/C35H38FN3O4S/c1-4-27(3)37-35(41)33(23-28-13-7-5-8-14-28)38(24-29-18-20-30(36)21-19-29)34(40)25-39(31-15-11-12-26(2)22-31)44(42,43)32-16-9-6-10-17-32/h5-22,27,33H,4,23-25H2,1-3H3,(H,37,41)/t27-,33-/m0/s1. The summed E-state index contributed by atoms with van der Waals surface area (Å²) >= 11 is 0. The van der Waals surface area contributed by atoms with Crippen LogP contribution in [0, 0.1) is 12.7 Å². The lowest BCUT2D eigenvalue weighted by Gasteiger charge is -2.34. The number of sulfonamides is 1. The Morgan fingerprint density at radius 3 is 2.09 bits per heavy atom. The zero-order chi connectivity index (χ0) is 31.7. The first-order valence-corrected chi connectivity index (χ1v) is 16.0. The summed E-state index contributed by atoms with van der Waals surface area (Å²) in [7, 11) is -4.17. The molecule has 0 spiro atoms. The first-order chi connectivity index (χ1) is 21.1. The minimum Gasteiger partial charge on any atom is -0.352 e. The number of halogens is 1. The number of carbonyl (C=O) groups is 2. The highest BCUT2D eigenvalue weighted by molar-refractivity contribution is 7.92. The second-order valence-electron chi connectivity index (χ2n) is 10.8. The van der Waals surface area contributed by atoms with Crippen molar-refractivity contribution in [3.05, 3.63) is 132 Å². The fourth-order valence-corrected chi connectivity index (χ4v) is 6.24. The number of rotatable bonds is 13. The van der Waals surface area contributed by atoms with Crippen LogP contribution in [0.15, 0.2) is 114 Å². The minimum absolute atomic E-state index is 0.0302. The molecule has 0 aromatic heterocycles. The highest BCUT2D eigenvalue weighted by Gasteiger charge is 2.35. The predicted octanol–water partition coefficient (Wildman–Crippen LogP) is 5.88. The Kier molecular flexibility index (Phi) is 10.9. The SMILES string of the molecule is CC[C@H](C)NC(=O)[C@H](Cc1ccccc1)N(Cc1ccc(F)cc1)C(=O)CN(c1cccc(C)c1)S(=O)(=O)c1ccccc1. The van der Waals surface area contributed by atoms with Crippen molar-refractivity contribution in [2.45, 2.75) is 57.1 Å². The topological polar surface area (TPSA) is 86.8 Å². The molecule has 0 saturated carbocycles. The molecule has 4 rings (SSSR count). The predicted molar refractivity (Wildman–Crippen MR) is 171 cm³/mol. The molecule has 0 heterocycles. The van der Waals surface area contributed by atoms with Gasteiger partial charge in [-0.3, -0.25) is 13.9 Å². The summed E-state index contributed by atoms with van der Waals surface area (Å²) in [6.07, 6.45) is 0.887. The molecule has 0 aliphatic rings. The van der Waals surface area contributed by atoms with Gasteiger partial charge in [-0.25, -0.2) is 12.8 Å². The summed E-state index contributed by atoms with van der Waals surface area (Å²) in [6.45, 7) is 5.10. The molecule has 2 atom stereocenters. The number of nitrogens with one attached hydrogen (secondary N) is 1. The molecule has 0 bridgehead atoms. The lowest BCUT2D eigenvalue weighted by molar-refractivity contribution is -0.140. The first-order valence-electron chi connectivity index (χ1n) is 14.6. The molecular formula is C35H38FN3O4S. The van der Waals surface area contributed by atoms with E-state index >= 15 is 0 Å². The molecule has 4 aromatic carbocycles. The van der Waals surface area contributed by atoms with Gasteiger partial charge in [-0.05, 0) is 73.4 Å². The van der Waals surface area contributed by atoms with Crippen molar-refractivity contribution < 1.29 is 22.4 Å². The third-order valence-corrected chi connectivity index (χ3v) is 9.23. The largest absolute Gasteiger partial charge is 0.352 e. The van der Waals surface area contributed by atoms with E-state index in [0.717, 1.165) is 15.4 Å². The summed E-state index contributed by atoms with van der Waals surface area (Å²) in [5.41, 5.74) is 2.58. The van der Waals surface area contributed by atoms with E-state index in [1.54, 1.807) is 48.5 Å². The summed E-state index contributed by atoms with van der Waals surface area (Å²) < 4.78 is 42.9. The number of hydrogen-bond acceptors (Lipinski definition) is 4. The number of anilines is 1. The fraction of sp³-hybridized carbons (Fsp3) is 0.257. The van der Waals surface area contributed by atoms with Crippen LogP contribution in [0.5, 0.6) is 0 Å². The van der Waals surface area contributed by atoms with Crippen LogP contribution in [-0.2, 0) is 32.6 Å². The van der Waals surface area contributed by atoms with Crippen molar-refractivity contribution in [3.8, 4) is 0 Å². The van der Waals surface area contributed by atoms with E-state index in [2.05, 4.69) is 5.32 Å². The molecule has 0 aliphatic carbocycles. The monoisotopic (exact) mass is 615 g/mol. The highest BCUT2D eigenvalue weighted by atomic mass is 32.2. The van der Waals surface area contributed by atoms with Crippen LogP contribution < -0.4 is 9.62 Å². The lowest BCUT2D eigenvalue weighted by atomic mass is 10.0. The van der Waals surface area contributed by atoms with Crippen molar-refractivity contribution in [1.29, 1.82) is 0 Å². The van der Waals surface area contributed by atoms with E-state index in [1.165, 1.54) is 29.2 Å². The number of aryl methyl sites for hydroxylation is 1. The van der Waals surface area contributed by atoms with Crippen LogP contribution in [0.25, 0.3) is 0 Å². The Labute approximate surface area is 259 Å². The van der Waals surface area contributed by atoms with Gasteiger partial charge in [0.2, 0.25) is 11.8 Å². The molecule has 0 unspecified atom stereocenters. The van der Waals surface area contributed by atoms with Gasteiger partial charge in [0.15, 0.2) is 0 Å². The smallest absolute Gasteiger partial charge is 0.264 e. The summed E-state index contributed by atoms with van der Waals surface area (Å²) in [5, 5.41) is 3.00. The highest BCUT2D eigenvalue weighted by Crippen LogP contribution is 2.26. The normalized spacial score (nSPS) is 12.6. The molecule has 1 N–H and O–H groups in total. The zero-order valence-corrected chi connectivity index (χ0v) is 26.0. The van der Waals surface area contributed by atoms with Gasteiger partial charge in [-0.1, -0.05) is 79.7 Å². The molecular weight excluding hydrogens is 577 g/mol. The molecule has 230 valence electrons. The Hall–Kier alpha value is -4.50. The van der Waals surface area contributed by atoms with Gasteiger partial charge in [-0.15, -0.1) is 0 Å². The maximum absolute atomic E-state index is 14.4. The van der Waals surface area contributed by atoms with Crippen molar-refractivity contribution in [2.75, 3.05) is 10.8 Å². The molecule has 44 heavy (non-hydrogen) atoms. The van der Waals surface area contributed by atoms with Crippen molar-refractivity contribution in [2.24, 2.45) is 0 Å². The molecule has 0 saturated heterocycles. The van der Waals surface area contributed by atoms with E-state index in [9.17, 15) is 22.4 Å². The Morgan fingerprint density at radius 1 is 0.841 bits per heavy atom. The van der Waals surface area contributed by atoms with Crippen molar-refractivity contribution in [3.63, 3.8) is 0 Å². The van der Waals surface area contributed by atoms with Gasteiger partial charge in [-0.2, -0.15) is 0 Å². The van der Waals surface area contributed by atoms with Crippen LogP contribution in [0.3, 0.4) is 0 Å². The Morgan fingerprint density at radius 2 is 1.48 bits per heavy atom. The quantitative estimate of drug-likeness (QED) is 0.203. The van der Waals surface area contributed by atoms with Crippen LogP contribution >= 0.6 is 0 Å². The summed E-state index contributed by atoms with van der Waals surface area (Å²) in [5.74, 6) is -1.36. The van der Waals surface area contributed by atoms with Crippen molar-refractivity contribution in [1.82, 2.24) is 10.2 Å². The molecule has 4 aromatic rings. The molecule has 0 radical (unpaired) electrons. The van der Waals surface area contributed by atoms with E-state index in [0.29, 0.717) is 17.7 Å². The third kappa shape index (κ3) is 8.32. The van der Waals surface area contributed by atoms with Gasteiger partial charge < -0.3 is 10.2 Å². The molecule has 0 fully saturated rings. The third-order valence-electron chi connectivity index (χ3n) is 7.44. The maximum atomic E-state index is 14.4. The van der Waals surface area contributed by atoms with Crippen LogP contribution in [0.1, 0.15) is 37.0 Å². The van der Waals surface area contributed by atoms with Gasteiger partial charge >= 0.3 is 0 Å². The fourth-order valence-electron chi connectivity index (χ4n) is 4.81. The van der Waals surface area contributed by atoms with Gasteiger partial charge in [0.25, 0.3) is 10.0 Å². The number of amides is 2. The van der Waals surface area contributed by atoms with E-state index in [4.69, 9.17) is 0 Å². The average molecular weight is 616 g/mol. The maximum Gasteiger partial charge on any atom is 0.264 e. The molecule has 9 heteroatoms. The van der Waals surface area contributed by atoms with Crippen LogP contribution in [0.2, 0.25) is 0 Å². The van der Waals surface area contributed by atoms with Crippen molar-refractivity contribution >= 4 is 27.5 Å². The Bertz CT molecular complexity index is 1650. The van der Waals surface area contributed by atoms with Gasteiger partial charge in [0.1, 0.15) is 18.4 Å². The number of nitrogens with zero attached hydrogens (tertiary/aromatic N) is 2. The summed E-state index contributed by atoms with van der Waals surface area (Å²) in [6, 6.07) is 28.8. The summed E-state index contributed by atoms with van der Waals surface area (Å²) in [4.78, 5) is 29.7. The van der Waals surface area contributed by atoms with Crippen LogP contribution in [0.4, 0.5) is 10.1 Å². The van der Waals surface area contributed by atoms with E-state index in [-0.39, 0.29) is 29.8 Å². The number of hydrogen-bond donors (Lipinski definition) is 1. The van der Waals surface area contributed by atoms with Gasteiger partial charge in [0, 0.05) is 19.0 Å². The zero-order valence-electron chi connectivity index (χ0n) is 25.2. The van der Waals surface area contributed by atoms with Gasteiger partial charge in [0.05, 0.1) is 10.6 Å².